The topological polar surface area (TPSA) is 95.0 Å². The summed E-state index contributed by atoms with van der Waals surface area (Å²) in [5.74, 6) is -2.32. The summed E-state index contributed by atoms with van der Waals surface area (Å²) in [7, 11) is 0. The predicted octanol–water partition coefficient (Wildman–Crippen LogP) is 4.11. The van der Waals surface area contributed by atoms with Crippen LogP contribution in [-0.2, 0) is 12.3 Å². The second-order valence-electron chi connectivity index (χ2n) is 7.28. The summed E-state index contributed by atoms with van der Waals surface area (Å²) in [6, 6.07) is 10.8. The minimum Gasteiger partial charge on any atom is -0.382 e. The molecular weight excluding hydrogens is 456 g/mol. The van der Waals surface area contributed by atoms with Gasteiger partial charge in [-0.05, 0) is 35.4 Å². The van der Waals surface area contributed by atoms with Gasteiger partial charge in [0.2, 0.25) is 0 Å². The van der Waals surface area contributed by atoms with E-state index >= 15 is 0 Å². The predicted molar refractivity (Wildman–Crippen MR) is 120 cm³/mol. The lowest BCUT2D eigenvalue weighted by Gasteiger charge is -2.23. The van der Waals surface area contributed by atoms with Crippen molar-refractivity contribution in [3.63, 3.8) is 0 Å². The smallest absolute Gasteiger partial charge is 0.302 e. The van der Waals surface area contributed by atoms with Crippen molar-refractivity contribution >= 4 is 28.3 Å². The molecule has 2 unspecified atom stereocenters. The van der Waals surface area contributed by atoms with Crippen LogP contribution in [0, 0.1) is 0 Å². The van der Waals surface area contributed by atoms with E-state index in [2.05, 4.69) is 20.6 Å². The van der Waals surface area contributed by atoms with E-state index in [9.17, 15) is 18.7 Å². The molecular formula is C21H21F2N5O2S2. The standard InChI is InChI=1S/C21H21F2N5O2S2/c22-21(23,14-5-2-1-3-6-14)18(29)11-8-15-13-31-20(30)28(15)12-4-7-16-9-10-17(32-16)19-24-26-27-25-19/h1-3,5-6,8-11,15,18,29H,4,7,12-13H2,(H,24,25,26,27)/b11-8+. The van der Waals surface area contributed by atoms with Crippen LogP contribution in [0.4, 0.5) is 13.6 Å². The van der Waals surface area contributed by atoms with Gasteiger partial charge >= 0.3 is 5.92 Å². The van der Waals surface area contributed by atoms with Crippen LogP contribution in [0.2, 0.25) is 0 Å². The van der Waals surface area contributed by atoms with Gasteiger partial charge in [0, 0.05) is 22.7 Å². The normalized spacial score (nSPS) is 18.0. The van der Waals surface area contributed by atoms with Gasteiger partial charge in [-0.3, -0.25) is 4.79 Å². The number of aromatic nitrogens is 4. The molecule has 3 aromatic rings. The number of thiophene rings is 1. The average molecular weight is 478 g/mol. The van der Waals surface area contributed by atoms with Gasteiger partial charge in [-0.25, -0.2) is 5.10 Å². The Balaban J connectivity index is 1.33. The number of tetrazole rings is 1. The number of benzene rings is 1. The highest BCUT2D eigenvalue weighted by atomic mass is 32.2. The van der Waals surface area contributed by atoms with E-state index in [1.807, 2.05) is 12.1 Å². The van der Waals surface area contributed by atoms with Crippen molar-refractivity contribution in [3.8, 4) is 10.7 Å². The van der Waals surface area contributed by atoms with E-state index < -0.39 is 12.0 Å². The molecule has 0 saturated carbocycles. The lowest BCUT2D eigenvalue weighted by molar-refractivity contribution is -0.0929. The summed E-state index contributed by atoms with van der Waals surface area (Å²) >= 11 is 2.74. The largest absolute Gasteiger partial charge is 0.382 e. The molecule has 2 N–H and O–H groups in total. The highest BCUT2D eigenvalue weighted by molar-refractivity contribution is 8.13. The molecule has 168 valence electrons. The SMILES string of the molecule is O=C1SCC(/C=C/C(O)C(F)(F)c2ccccc2)N1CCCc1ccc(-c2nnn[nH]2)s1. The molecule has 3 heterocycles. The fraction of sp³-hybridized carbons (Fsp3) is 0.333. The van der Waals surface area contributed by atoms with Crippen LogP contribution >= 0.6 is 23.1 Å². The Morgan fingerprint density at radius 2 is 2.09 bits per heavy atom. The maximum atomic E-state index is 14.5. The Bertz CT molecular complexity index is 1060. The number of hydrogen-bond donors (Lipinski definition) is 2. The number of hydrogen-bond acceptors (Lipinski definition) is 7. The van der Waals surface area contributed by atoms with Gasteiger partial charge in [0.1, 0.15) is 6.10 Å². The van der Waals surface area contributed by atoms with Crippen molar-refractivity contribution in [2.24, 2.45) is 0 Å². The number of rotatable bonds is 9. The van der Waals surface area contributed by atoms with Gasteiger partial charge < -0.3 is 10.0 Å². The van der Waals surface area contributed by atoms with Crippen LogP contribution in [-0.4, -0.2) is 60.3 Å². The molecule has 2 atom stereocenters. The summed E-state index contributed by atoms with van der Waals surface area (Å²) in [4.78, 5) is 16.0. The van der Waals surface area contributed by atoms with Gasteiger partial charge in [-0.15, -0.1) is 16.4 Å². The molecule has 1 saturated heterocycles. The van der Waals surface area contributed by atoms with E-state index in [0.29, 0.717) is 18.1 Å². The van der Waals surface area contributed by atoms with Crippen molar-refractivity contribution < 1.29 is 18.7 Å². The number of carbonyl (C=O) groups excluding carboxylic acids is 1. The molecule has 0 bridgehead atoms. The van der Waals surface area contributed by atoms with Gasteiger partial charge in [0.05, 0.1) is 10.9 Å². The number of amides is 1. The minimum atomic E-state index is -3.41. The summed E-state index contributed by atoms with van der Waals surface area (Å²) in [6.45, 7) is 0.503. The van der Waals surface area contributed by atoms with Gasteiger partial charge in [0.15, 0.2) is 5.82 Å². The van der Waals surface area contributed by atoms with Crippen LogP contribution in [0.3, 0.4) is 0 Å². The lowest BCUT2D eigenvalue weighted by atomic mass is 10.0. The summed E-state index contributed by atoms with van der Waals surface area (Å²) in [6.07, 6.45) is 2.14. The number of aliphatic hydroxyl groups is 1. The fourth-order valence-electron chi connectivity index (χ4n) is 3.39. The van der Waals surface area contributed by atoms with Crippen molar-refractivity contribution in [2.75, 3.05) is 12.3 Å². The number of nitrogens with zero attached hydrogens (tertiary/aromatic N) is 4. The maximum Gasteiger partial charge on any atom is 0.302 e. The Morgan fingerprint density at radius 3 is 2.84 bits per heavy atom. The third-order valence-electron chi connectivity index (χ3n) is 5.12. The number of aryl methyl sites for hydroxylation is 1. The number of H-pyrrole nitrogens is 1. The molecule has 2 aromatic heterocycles. The highest BCUT2D eigenvalue weighted by Crippen LogP contribution is 2.33. The highest BCUT2D eigenvalue weighted by Gasteiger charge is 2.39. The zero-order chi connectivity index (χ0) is 22.6. The molecule has 11 heteroatoms. The quantitative estimate of drug-likeness (QED) is 0.451. The van der Waals surface area contributed by atoms with E-state index in [1.165, 1.54) is 30.3 Å². The molecule has 0 spiro atoms. The zero-order valence-electron chi connectivity index (χ0n) is 16.9. The Kier molecular flexibility index (Phi) is 6.97. The third kappa shape index (κ3) is 5.05. The lowest BCUT2D eigenvalue weighted by Crippen LogP contribution is -2.34. The van der Waals surface area contributed by atoms with Gasteiger partial charge in [-0.1, -0.05) is 54.2 Å². The maximum absolute atomic E-state index is 14.5. The van der Waals surface area contributed by atoms with E-state index in [4.69, 9.17) is 0 Å². The summed E-state index contributed by atoms with van der Waals surface area (Å²) in [5.41, 5.74) is -0.248. The molecule has 32 heavy (non-hydrogen) atoms. The molecule has 1 fully saturated rings. The van der Waals surface area contributed by atoms with Crippen LogP contribution in [0.15, 0.2) is 54.6 Å². The number of halogens is 2. The zero-order valence-corrected chi connectivity index (χ0v) is 18.5. The van der Waals surface area contributed by atoms with Gasteiger partial charge in [-0.2, -0.15) is 8.78 Å². The van der Waals surface area contributed by atoms with Crippen LogP contribution in [0.5, 0.6) is 0 Å². The number of thioether (sulfide) groups is 1. The van der Waals surface area contributed by atoms with Crippen molar-refractivity contribution in [1.82, 2.24) is 25.5 Å². The molecule has 1 aliphatic rings. The molecule has 1 amide bonds. The Hall–Kier alpha value is -2.63. The van der Waals surface area contributed by atoms with E-state index in [1.54, 1.807) is 22.3 Å². The number of aliphatic hydroxyl groups excluding tert-OH is 1. The summed E-state index contributed by atoms with van der Waals surface area (Å²) < 4.78 is 29.0. The number of aromatic amines is 1. The van der Waals surface area contributed by atoms with E-state index in [-0.39, 0.29) is 16.8 Å². The van der Waals surface area contributed by atoms with E-state index in [0.717, 1.165) is 40.4 Å². The Morgan fingerprint density at radius 1 is 1.28 bits per heavy atom. The summed E-state index contributed by atoms with van der Waals surface area (Å²) in [5, 5.41) is 23.8. The van der Waals surface area contributed by atoms with Crippen molar-refractivity contribution in [1.29, 1.82) is 0 Å². The molecule has 1 aromatic carbocycles. The van der Waals surface area contributed by atoms with Crippen molar-refractivity contribution in [3.05, 3.63) is 65.1 Å². The third-order valence-corrected chi connectivity index (χ3v) is 7.26. The first-order chi connectivity index (χ1) is 15.4. The molecule has 1 aliphatic heterocycles. The Labute approximate surface area is 191 Å². The monoisotopic (exact) mass is 477 g/mol. The second kappa shape index (κ2) is 9.88. The average Bonchev–Trinajstić information content (AvgIpc) is 3.55. The van der Waals surface area contributed by atoms with Crippen LogP contribution < -0.4 is 0 Å². The van der Waals surface area contributed by atoms with Crippen molar-refractivity contribution in [2.45, 2.75) is 30.9 Å². The fourth-order valence-corrected chi connectivity index (χ4v) is 5.37. The number of nitrogens with one attached hydrogen (secondary N) is 1. The molecule has 0 aliphatic carbocycles. The number of carbonyl (C=O) groups is 1. The minimum absolute atomic E-state index is 0.0800. The molecule has 0 radical (unpaired) electrons. The molecule has 7 nitrogen and oxygen atoms in total. The number of alkyl halides is 2. The van der Waals surface area contributed by atoms with Gasteiger partial charge in [0.25, 0.3) is 5.24 Å². The first kappa shape index (κ1) is 22.6. The van der Waals surface area contributed by atoms with Crippen LogP contribution in [0.25, 0.3) is 10.7 Å². The first-order valence-electron chi connectivity index (χ1n) is 10.0. The van der Waals surface area contributed by atoms with Crippen LogP contribution in [0.1, 0.15) is 16.9 Å². The molecule has 4 rings (SSSR count). The first-order valence-corrected chi connectivity index (χ1v) is 11.8. The second-order valence-corrected chi connectivity index (χ2v) is 9.42.